The number of hydrazine groups is 1. The summed E-state index contributed by atoms with van der Waals surface area (Å²) >= 11 is 5.00. The Morgan fingerprint density at radius 3 is 2.68 bits per heavy atom. The molecule has 0 radical (unpaired) electrons. The molecule has 1 aromatic carbocycles. The highest BCUT2D eigenvalue weighted by Gasteiger charge is 2.11. The number of rotatable bonds is 2. The van der Waals surface area contributed by atoms with Crippen molar-refractivity contribution >= 4 is 34.2 Å². The van der Waals surface area contributed by atoms with Crippen LogP contribution in [0.2, 0.25) is 0 Å². The Hall–Kier alpha value is -2.08. The van der Waals surface area contributed by atoms with E-state index in [1.807, 2.05) is 38.1 Å². The lowest BCUT2D eigenvalue weighted by Gasteiger charge is -2.12. The molecule has 2 rings (SSSR count). The standard InChI is InChI=1S/C13H15N3O2S/c1-8(2)14-13(19)16-15-12(17)11-7-9-5-3-4-6-10(9)18-11/h3-8H,1-2H3,(H,15,17)(H2,14,16,19). The second kappa shape index (κ2) is 5.71. The Kier molecular flexibility index (Phi) is 4.01. The highest BCUT2D eigenvalue weighted by atomic mass is 32.1. The van der Waals surface area contributed by atoms with E-state index in [0.29, 0.717) is 10.7 Å². The molecule has 6 heteroatoms. The third-order valence-electron chi connectivity index (χ3n) is 2.36. The molecule has 1 aromatic heterocycles. The number of amides is 1. The summed E-state index contributed by atoms with van der Waals surface area (Å²) in [6.45, 7) is 3.91. The third kappa shape index (κ3) is 3.45. The number of benzene rings is 1. The van der Waals surface area contributed by atoms with Crippen molar-refractivity contribution in [3.05, 3.63) is 36.1 Å². The van der Waals surface area contributed by atoms with Crippen LogP contribution in [-0.2, 0) is 0 Å². The maximum absolute atomic E-state index is 11.8. The zero-order chi connectivity index (χ0) is 13.8. The molecule has 5 nitrogen and oxygen atoms in total. The Balaban J connectivity index is 1.98. The largest absolute Gasteiger partial charge is 0.451 e. The van der Waals surface area contributed by atoms with Gasteiger partial charge in [0.05, 0.1) is 0 Å². The van der Waals surface area contributed by atoms with Crippen LogP contribution in [0.1, 0.15) is 24.4 Å². The van der Waals surface area contributed by atoms with Crippen molar-refractivity contribution in [2.24, 2.45) is 0 Å². The van der Waals surface area contributed by atoms with Crippen LogP contribution in [0.3, 0.4) is 0 Å². The highest BCUT2D eigenvalue weighted by molar-refractivity contribution is 7.80. The topological polar surface area (TPSA) is 66.3 Å². The van der Waals surface area contributed by atoms with Gasteiger partial charge in [0.15, 0.2) is 10.9 Å². The van der Waals surface area contributed by atoms with E-state index in [2.05, 4.69) is 16.2 Å². The molecule has 1 heterocycles. The number of hydrogen-bond donors (Lipinski definition) is 3. The summed E-state index contributed by atoms with van der Waals surface area (Å²) in [5.41, 5.74) is 5.77. The molecule has 0 aliphatic heterocycles. The predicted octanol–water partition coefficient (Wildman–Crippen LogP) is 1.95. The monoisotopic (exact) mass is 277 g/mol. The molecular weight excluding hydrogens is 262 g/mol. The number of para-hydroxylation sites is 1. The molecular formula is C13H15N3O2S. The van der Waals surface area contributed by atoms with Crippen LogP contribution >= 0.6 is 12.2 Å². The minimum atomic E-state index is -0.371. The number of hydrogen-bond acceptors (Lipinski definition) is 3. The first-order valence-corrected chi connectivity index (χ1v) is 6.32. The van der Waals surface area contributed by atoms with Gasteiger partial charge in [-0.3, -0.25) is 15.6 Å². The number of fused-ring (bicyclic) bond motifs is 1. The molecule has 0 spiro atoms. The number of nitrogens with one attached hydrogen (secondary N) is 3. The van der Waals surface area contributed by atoms with Crippen molar-refractivity contribution in [2.45, 2.75) is 19.9 Å². The minimum Gasteiger partial charge on any atom is -0.451 e. The summed E-state index contributed by atoms with van der Waals surface area (Å²) in [6.07, 6.45) is 0. The summed E-state index contributed by atoms with van der Waals surface area (Å²) in [5.74, 6) is -0.134. The minimum absolute atomic E-state index is 0.197. The molecule has 2 aromatic rings. The Bertz CT molecular complexity index is 574. The van der Waals surface area contributed by atoms with Crippen molar-refractivity contribution in [1.82, 2.24) is 16.2 Å². The van der Waals surface area contributed by atoms with Crippen LogP contribution in [-0.4, -0.2) is 17.1 Å². The smallest absolute Gasteiger partial charge is 0.305 e. The number of carbonyl (C=O) groups is 1. The molecule has 1 amide bonds. The van der Waals surface area contributed by atoms with Crippen LogP contribution in [0.25, 0.3) is 11.0 Å². The molecule has 0 bridgehead atoms. The Labute approximate surface area is 116 Å². The Morgan fingerprint density at radius 1 is 1.26 bits per heavy atom. The lowest BCUT2D eigenvalue weighted by atomic mass is 10.2. The van der Waals surface area contributed by atoms with E-state index >= 15 is 0 Å². The van der Waals surface area contributed by atoms with Crippen molar-refractivity contribution < 1.29 is 9.21 Å². The van der Waals surface area contributed by atoms with Gasteiger partial charge in [-0.25, -0.2) is 0 Å². The van der Waals surface area contributed by atoms with E-state index in [1.165, 1.54) is 0 Å². The van der Waals surface area contributed by atoms with Gasteiger partial charge >= 0.3 is 5.91 Å². The van der Waals surface area contributed by atoms with E-state index in [1.54, 1.807) is 6.07 Å². The van der Waals surface area contributed by atoms with Gasteiger partial charge < -0.3 is 9.73 Å². The van der Waals surface area contributed by atoms with Crippen LogP contribution in [0.15, 0.2) is 34.7 Å². The van der Waals surface area contributed by atoms with E-state index in [4.69, 9.17) is 16.6 Å². The number of thiocarbonyl (C=S) groups is 1. The quantitative estimate of drug-likeness (QED) is 0.578. The maximum Gasteiger partial charge on any atom is 0.305 e. The molecule has 0 aliphatic carbocycles. The second-order valence-electron chi connectivity index (χ2n) is 4.36. The molecule has 0 saturated heterocycles. The average Bonchev–Trinajstić information content (AvgIpc) is 2.78. The predicted molar refractivity (Wildman–Crippen MR) is 77.7 cm³/mol. The molecule has 3 N–H and O–H groups in total. The summed E-state index contributed by atoms with van der Waals surface area (Å²) in [5, 5.41) is 4.20. The van der Waals surface area contributed by atoms with E-state index < -0.39 is 0 Å². The van der Waals surface area contributed by atoms with Gasteiger partial charge in [-0.15, -0.1) is 0 Å². The van der Waals surface area contributed by atoms with Crippen LogP contribution in [0, 0.1) is 0 Å². The van der Waals surface area contributed by atoms with Crippen molar-refractivity contribution in [1.29, 1.82) is 0 Å². The summed E-state index contributed by atoms with van der Waals surface area (Å²) in [6, 6.07) is 9.32. The van der Waals surface area contributed by atoms with Crippen molar-refractivity contribution in [3.8, 4) is 0 Å². The Morgan fingerprint density at radius 2 is 2.00 bits per heavy atom. The fourth-order valence-corrected chi connectivity index (χ4v) is 1.85. The van der Waals surface area contributed by atoms with Gasteiger partial charge in [0.25, 0.3) is 0 Å². The fourth-order valence-electron chi connectivity index (χ4n) is 1.57. The van der Waals surface area contributed by atoms with Gasteiger partial charge in [0, 0.05) is 11.4 Å². The fraction of sp³-hybridized carbons (Fsp3) is 0.231. The van der Waals surface area contributed by atoms with Crippen LogP contribution < -0.4 is 16.2 Å². The summed E-state index contributed by atoms with van der Waals surface area (Å²) in [7, 11) is 0. The number of furan rings is 1. The van der Waals surface area contributed by atoms with Crippen molar-refractivity contribution in [3.63, 3.8) is 0 Å². The first-order valence-electron chi connectivity index (χ1n) is 5.91. The average molecular weight is 277 g/mol. The van der Waals surface area contributed by atoms with Gasteiger partial charge in [-0.1, -0.05) is 18.2 Å². The maximum atomic E-state index is 11.8. The van der Waals surface area contributed by atoms with Gasteiger partial charge in [-0.05, 0) is 38.2 Å². The SMILES string of the molecule is CC(C)NC(=S)NNC(=O)c1cc2ccccc2o1. The molecule has 0 unspecified atom stereocenters. The van der Waals surface area contributed by atoms with Gasteiger partial charge in [0.2, 0.25) is 0 Å². The lowest BCUT2D eigenvalue weighted by molar-refractivity contribution is 0.0918. The van der Waals surface area contributed by atoms with Gasteiger partial charge in [-0.2, -0.15) is 0 Å². The zero-order valence-corrected chi connectivity index (χ0v) is 11.5. The van der Waals surface area contributed by atoms with Crippen LogP contribution in [0.5, 0.6) is 0 Å². The lowest BCUT2D eigenvalue weighted by Crippen LogP contribution is -2.48. The molecule has 0 atom stereocenters. The molecule has 0 fully saturated rings. The first kappa shape index (κ1) is 13.4. The first-order chi connectivity index (χ1) is 9.06. The zero-order valence-electron chi connectivity index (χ0n) is 10.7. The molecule has 100 valence electrons. The van der Waals surface area contributed by atoms with E-state index in [0.717, 1.165) is 5.39 Å². The van der Waals surface area contributed by atoms with E-state index in [-0.39, 0.29) is 17.7 Å². The number of carbonyl (C=O) groups excluding carboxylic acids is 1. The van der Waals surface area contributed by atoms with Gasteiger partial charge in [0.1, 0.15) is 5.58 Å². The molecule has 19 heavy (non-hydrogen) atoms. The summed E-state index contributed by atoms with van der Waals surface area (Å²) in [4.78, 5) is 11.8. The molecule has 0 aliphatic rings. The van der Waals surface area contributed by atoms with Crippen molar-refractivity contribution in [2.75, 3.05) is 0 Å². The van der Waals surface area contributed by atoms with E-state index in [9.17, 15) is 4.79 Å². The highest BCUT2D eigenvalue weighted by Crippen LogP contribution is 2.18. The third-order valence-corrected chi connectivity index (χ3v) is 2.58. The normalized spacial score (nSPS) is 10.5. The summed E-state index contributed by atoms with van der Waals surface area (Å²) < 4.78 is 5.43. The molecule has 0 saturated carbocycles. The van der Waals surface area contributed by atoms with Crippen LogP contribution in [0.4, 0.5) is 0 Å². The second-order valence-corrected chi connectivity index (χ2v) is 4.76.